The third-order valence-electron chi connectivity index (χ3n) is 5.60. The van der Waals surface area contributed by atoms with Gasteiger partial charge in [-0.25, -0.2) is 0 Å². The van der Waals surface area contributed by atoms with Crippen LogP contribution in [-0.4, -0.2) is 64.6 Å². The maximum Gasteiger partial charge on any atom is 0.191 e. The summed E-state index contributed by atoms with van der Waals surface area (Å²) in [5.41, 5.74) is 0.925. The molecule has 1 saturated carbocycles. The molecule has 1 aliphatic heterocycles. The van der Waals surface area contributed by atoms with Gasteiger partial charge < -0.3 is 14.7 Å². The number of nitrogens with one attached hydrogen (secondary N) is 1. The van der Waals surface area contributed by atoms with E-state index >= 15 is 0 Å². The molecule has 1 atom stereocenters. The quantitative estimate of drug-likeness (QED) is 0.667. The van der Waals surface area contributed by atoms with Crippen LogP contribution in [0.2, 0.25) is 5.02 Å². The van der Waals surface area contributed by atoms with E-state index < -0.39 is 0 Å². The third kappa shape index (κ3) is 4.71. The first-order valence-electron chi connectivity index (χ1n) is 10.1. The van der Waals surface area contributed by atoms with Crippen molar-refractivity contribution in [2.45, 2.75) is 43.0 Å². The van der Waals surface area contributed by atoms with Crippen molar-refractivity contribution in [3.05, 3.63) is 29.3 Å². The van der Waals surface area contributed by atoms with Crippen molar-refractivity contribution in [3.8, 4) is 11.4 Å². The summed E-state index contributed by atoms with van der Waals surface area (Å²) in [7, 11) is 0. The monoisotopic (exact) mass is 423 g/mol. The number of hydrogen-bond acceptors (Lipinski definition) is 5. The molecular weight excluding hydrogens is 396 g/mol. The highest BCUT2D eigenvalue weighted by atomic mass is 35.5. The SMILES string of the molecule is O[C@@H](CSc1nnc(-c2ccccc2Cl)n1C1CCCC1)C[NH+]1CCOCC1. The lowest BCUT2D eigenvalue weighted by molar-refractivity contribution is -0.910. The summed E-state index contributed by atoms with van der Waals surface area (Å²) in [5.74, 6) is 1.46. The molecule has 0 unspecified atom stereocenters. The lowest BCUT2D eigenvalue weighted by Crippen LogP contribution is -3.15. The maximum atomic E-state index is 10.5. The first-order chi connectivity index (χ1) is 13.7. The zero-order valence-electron chi connectivity index (χ0n) is 16.0. The van der Waals surface area contributed by atoms with E-state index in [-0.39, 0.29) is 6.10 Å². The van der Waals surface area contributed by atoms with Crippen molar-refractivity contribution in [1.82, 2.24) is 14.8 Å². The predicted octanol–water partition coefficient (Wildman–Crippen LogP) is 2.08. The van der Waals surface area contributed by atoms with E-state index in [1.165, 1.54) is 17.7 Å². The fourth-order valence-corrected chi connectivity index (χ4v) is 5.27. The molecule has 2 aliphatic rings. The summed E-state index contributed by atoms with van der Waals surface area (Å²) >= 11 is 8.05. The molecule has 2 heterocycles. The summed E-state index contributed by atoms with van der Waals surface area (Å²) in [6.07, 6.45) is 4.39. The van der Waals surface area contributed by atoms with E-state index in [2.05, 4.69) is 14.8 Å². The van der Waals surface area contributed by atoms with Gasteiger partial charge in [0.15, 0.2) is 11.0 Å². The molecular formula is C20H28ClN4O2S+. The van der Waals surface area contributed by atoms with E-state index in [9.17, 15) is 5.11 Å². The van der Waals surface area contributed by atoms with Crippen molar-refractivity contribution in [1.29, 1.82) is 0 Å². The largest absolute Gasteiger partial charge is 0.386 e. The van der Waals surface area contributed by atoms with E-state index in [1.54, 1.807) is 11.8 Å². The average Bonchev–Trinajstić information content (AvgIpc) is 3.37. The molecule has 28 heavy (non-hydrogen) atoms. The van der Waals surface area contributed by atoms with E-state index in [0.717, 1.165) is 62.2 Å². The highest BCUT2D eigenvalue weighted by Crippen LogP contribution is 2.38. The topological polar surface area (TPSA) is 64.6 Å². The Morgan fingerprint density at radius 1 is 1.21 bits per heavy atom. The number of thioether (sulfide) groups is 1. The summed E-state index contributed by atoms with van der Waals surface area (Å²) in [5, 5.41) is 21.1. The Kier molecular flexibility index (Phi) is 6.90. The molecule has 1 aliphatic carbocycles. The Morgan fingerprint density at radius 3 is 2.71 bits per heavy atom. The molecule has 1 aromatic heterocycles. The van der Waals surface area contributed by atoms with Crippen LogP contribution in [0.1, 0.15) is 31.7 Å². The molecule has 0 radical (unpaired) electrons. The lowest BCUT2D eigenvalue weighted by atomic mass is 10.2. The van der Waals surface area contributed by atoms with E-state index in [4.69, 9.17) is 16.3 Å². The first kappa shape index (κ1) is 20.2. The van der Waals surface area contributed by atoms with Crippen LogP contribution >= 0.6 is 23.4 Å². The second kappa shape index (κ2) is 9.59. The van der Waals surface area contributed by atoms with Gasteiger partial charge in [0.1, 0.15) is 25.7 Å². The van der Waals surface area contributed by atoms with Gasteiger partial charge in [-0.15, -0.1) is 10.2 Å². The summed E-state index contributed by atoms with van der Waals surface area (Å²) in [6.45, 7) is 4.26. The Balaban J connectivity index is 1.49. The van der Waals surface area contributed by atoms with Crippen LogP contribution in [0.15, 0.2) is 29.4 Å². The molecule has 4 rings (SSSR count). The smallest absolute Gasteiger partial charge is 0.191 e. The number of aromatic nitrogens is 3. The van der Waals surface area contributed by atoms with Gasteiger partial charge in [0, 0.05) is 17.4 Å². The summed E-state index contributed by atoms with van der Waals surface area (Å²) in [4.78, 5) is 1.41. The van der Waals surface area contributed by atoms with Crippen molar-refractivity contribution in [2.24, 2.45) is 0 Å². The van der Waals surface area contributed by atoms with Gasteiger partial charge in [0.25, 0.3) is 0 Å². The maximum absolute atomic E-state index is 10.5. The Labute approximate surface area is 175 Å². The fraction of sp³-hybridized carbons (Fsp3) is 0.600. The fourth-order valence-electron chi connectivity index (χ4n) is 4.12. The highest BCUT2D eigenvalue weighted by Gasteiger charge is 2.26. The molecule has 8 heteroatoms. The normalized spacial score (nSPS) is 19.9. The first-order valence-corrected chi connectivity index (χ1v) is 11.5. The van der Waals surface area contributed by atoms with Crippen molar-refractivity contribution >= 4 is 23.4 Å². The van der Waals surface area contributed by atoms with Crippen LogP contribution in [0.5, 0.6) is 0 Å². The second-order valence-electron chi connectivity index (χ2n) is 7.63. The van der Waals surface area contributed by atoms with Crippen LogP contribution in [0, 0.1) is 0 Å². The molecule has 1 saturated heterocycles. The standard InChI is InChI=1S/C20H27ClN4O2S/c21-18-8-4-3-7-17(18)19-22-23-20(25(19)15-5-1-2-6-15)28-14-16(26)13-24-9-11-27-12-10-24/h3-4,7-8,15-16,26H,1-2,5-6,9-14H2/p+1/t16-/m1/s1. The zero-order valence-corrected chi connectivity index (χ0v) is 17.6. The number of aliphatic hydroxyl groups is 1. The van der Waals surface area contributed by atoms with Crippen LogP contribution in [-0.2, 0) is 4.74 Å². The molecule has 152 valence electrons. The van der Waals surface area contributed by atoms with E-state index in [1.807, 2.05) is 24.3 Å². The minimum Gasteiger partial charge on any atom is -0.386 e. The van der Waals surface area contributed by atoms with Crippen LogP contribution in [0.3, 0.4) is 0 Å². The summed E-state index contributed by atoms with van der Waals surface area (Å²) < 4.78 is 7.65. The van der Waals surface area contributed by atoms with Gasteiger partial charge in [0.05, 0.1) is 18.2 Å². The number of nitrogens with zero attached hydrogens (tertiary/aromatic N) is 3. The second-order valence-corrected chi connectivity index (χ2v) is 9.02. The highest BCUT2D eigenvalue weighted by molar-refractivity contribution is 7.99. The number of halogens is 1. The number of hydrogen-bond donors (Lipinski definition) is 2. The number of benzene rings is 1. The molecule has 0 amide bonds. The average molecular weight is 424 g/mol. The third-order valence-corrected chi connectivity index (χ3v) is 7.02. The van der Waals surface area contributed by atoms with Crippen molar-refractivity contribution < 1.29 is 14.7 Å². The number of rotatable bonds is 7. The van der Waals surface area contributed by atoms with Crippen LogP contribution < -0.4 is 4.90 Å². The molecule has 2 N–H and O–H groups in total. The Morgan fingerprint density at radius 2 is 1.96 bits per heavy atom. The Bertz CT molecular complexity index is 775. The minimum atomic E-state index is -0.365. The molecule has 2 aromatic rings. The molecule has 0 spiro atoms. The van der Waals surface area contributed by atoms with E-state index in [0.29, 0.717) is 16.8 Å². The number of quaternary nitrogens is 1. The van der Waals surface area contributed by atoms with Gasteiger partial charge in [-0.05, 0) is 25.0 Å². The molecule has 2 fully saturated rings. The van der Waals surface area contributed by atoms with Gasteiger partial charge in [-0.3, -0.25) is 4.57 Å². The van der Waals surface area contributed by atoms with Gasteiger partial charge in [-0.2, -0.15) is 0 Å². The van der Waals surface area contributed by atoms with Crippen LogP contribution in [0.25, 0.3) is 11.4 Å². The van der Waals surface area contributed by atoms with Crippen LogP contribution in [0.4, 0.5) is 0 Å². The zero-order chi connectivity index (χ0) is 19.3. The number of ether oxygens (including phenoxy) is 1. The molecule has 1 aromatic carbocycles. The van der Waals surface area contributed by atoms with Gasteiger partial charge >= 0.3 is 0 Å². The summed E-state index contributed by atoms with van der Waals surface area (Å²) in [6, 6.07) is 8.22. The van der Waals surface area contributed by atoms with Gasteiger partial charge in [0.2, 0.25) is 0 Å². The Hall–Kier alpha value is -1.12. The van der Waals surface area contributed by atoms with Crippen molar-refractivity contribution in [2.75, 3.05) is 38.6 Å². The predicted molar refractivity (Wildman–Crippen MR) is 111 cm³/mol. The van der Waals surface area contributed by atoms with Gasteiger partial charge in [-0.1, -0.05) is 48.3 Å². The molecule has 0 bridgehead atoms. The number of aliphatic hydroxyl groups excluding tert-OH is 1. The van der Waals surface area contributed by atoms with Crippen molar-refractivity contribution in [3.63, 3.8) is 0 Å². The molecule has 6 nitrogen and oxygen atoms in total. The number of morpholine rings is 1. The minimum absolute atomic E-state index is 0.365. The lowest BCUT2D eigenvalue weighted by Gasteiger charge is -2.25.